The third kappa shape index (κ3) is 2.28. The molecule has 130 valence electrons. The highest BCUT2D eigenvalue weighted by atomic mass is 19.2. The fourth-order valence-corrected chi connectivity index (χ4v) is 2.85. The van der Waals surface area contributed by atoms with Crippen molar-refractivity contribution in [2.75, 3.05) is 0 Å². The first kappa shape index (κ1) is 16.3. The van der Waals surface area contributed by atoms with Crippen molar-refractivity contribution in [3.63, 3.8) is 0 Å². The number of rotatable bonds is 1. The van der Waals surface area contributed by atoms with Gasteiger partial charge in [-0.05, 0) is 18.2 Å². The lowest BCUT2D eigenvalue weighted by atomic mass is 9.94. The number of hydrogen-bond donors (Lipinski definition) is 0. The van der Waals surface area contributed by atoms with Crippen LogP contribution < -0.4 is 5.43 Å². The monoisotopic (exact) mass is 362 g/mol. The van der Waals surface area contributed by atoms with Gasteiger partial charge in [-0.1, -0.05) is 18.2 Å². The summed E-state index contributed by atoms with van der Waals surface area (Å²) in [4.78, 5) is 11.9. The second-order valence-electron chi connectivity index (χ2n) is 5.61. The summed E-state index contributed by atoms with van der Waals surface area (Å²) in [5.41, 5.74) is -1.86. The third-order valence-electron chi connectivity index (χ3n) is 4.03. The molecule has 0 N–H and O–H groups in total. The Kier molecular flexibility index (Phi) is 3.54. The van der Waals surface area contributed by atoms with Crippen molar-refractivity contribution < 1.29 is 26.4 Å². The zero-order valence-electron chi connectivity index (χ0n) is 12.7. The second kappa shape index (κ2) is 5.66. The fraction of sp³-hybridized carbons (Fsp3) is 0. The molecule has 0 saturated heterocycles. The van der Waals surface area contributed by atoms with Crippen molar-refractivity contribution in [1.29, 1.82) is 0 Å². The van der Waals surface area contributed by atoms with E-state index in [1.165, 1.54) is 6.07 Å². The lowest BCUT2D eigenvalue weighted by molar-refractivity contribution is 0.381. The molecule has 1 aliphatic carbocycles. The summed E-state index contributed by atoms with van der Waals surface area (Å²) in [6, 6.07) is 9.98. The number of benzene rings is 3. The van der Waals surface area contributed by atoms with Crippen LogP contribution in [-0.4, -0.2) is 0 Å². The minimum atomic E-state index is -2.26. The molecule has 0 bridgehead atoms. The van der Waals surface area contributed by atoms with E-state index in [0.717, 1.165) is 12.1 Å². The Morgan fingerprint density at radius 1 is 0.692 bits per heavy atom. The van der Waals surface area contributed by atoms with E-state index in [2.05, 4.69) is 0 Å². The van der Waals surface area contributed by atoms with Crippen molar-refractivity contribution in [2.45, 2.75) is 0 Å². The molecule has 0 amide bonds. The number of fused-ring (bicyclic) bond motifs is 2. The third-order valence-corrected chi connectivity index (χ3v) is 4.03. The molecular weight excluding hydrogens is 355 g/mol. The Labute approximate surface area is 142 Å². The Morgan fingerprint density at radius 3 is 2.00 bits per heavy atom. The maximum Gasteiger partial charge on any atom is 0.200 e. The number of halogens is 5. The molecule has 2 aromatic rings. The quantitative estimate of drug-likeness (QED) is 0.200. The normalized spacial score (nSPS) is 11.4. The Morgan fingerprint density at radius 2 is 1.31 bits per heavy atom. The summed E-state index contributed by atoms with van der Waals surface area (Å²) in [6.45, 7) is 0. The molecule has 0 radical (unpaired) electrons. The molecule has 2 aromatic carbocycles. The van der Waals surface area contributed by atoms with E-state index in [-0.39, 0.29) is 11.3 Å². The highest BCUT2D eigenvalue weighted by Crippen LogP contribution is 2.39. The van der Waals surface area contributed by atoms with Crippen LogP contribution in [0.5, 0.6) is 0 Å². The molecule has 26 heavy (non-hydrogen) atoms. The average molecular weight is 362 g/mol. The van der Waals surface area contributed by atoms with E-state index in [1.807, 2.05) is 0 Å². The largest absolute Gasteiger partial charge is 0.456 e. The van der Waals surface area contributed by atoms with E-state index in [4.69, 9.17) is 4.42 Å². The van der Waals surface area contributed by atoms with Gasteiger partial charge in [0.05, 0.1) is 5.56 Å². The molecule has 0 spiro atoms. The van der Waals surface area contributed by atoms with Crippen LogP contribution in [0.15, 0.2) is 51.7 Å². The molecule has 0 unspecified atom stereocenters. The summed E-state index contributed by atoms with van der Waals surface area (Å²) in [5.74, 6) is -10.5. The maximum absolute atomic E-state index is 14.2. The van der Waals surface area contributed by atoms with Crippen molar-refractivity contribution >= 4 is 11.0 Å². The Balaban J connectivity index is 2.17. The van der Waals surface area contributed by atoms with Gasteiger partial charge in [-0.2, -0.15) is 0 Å². The summed E-state index contributed by atoms with van der Waals surface area (Å²) in [5, 5.41) is 0.531. The van der Waals surface area contributed by atoms with E-state index in [0.29, 0.717) is 11.0 Å². The van der Waals surface area contributed by atoms with Crippen LogP contribution in [0.3, 0.4) is 0 Å². The maximum atomic E-state index is 14.2. The van der Waals surface area contributed by atoms with Crippen LogP contribution in [0.2, 0.25) is 0 Å². The van der Waals surface area contributed by atoms with Gasteiger partial charge in [0, 0.05) is 22.6 Å². The van der Waals surface area contributed by atoms with Gasteiger partial charge in [0.2, 0.25) is 5.82 Å². The van der Waals surface area contributed by atoms with E-state index < -0.39 is 45.6 Å². The summed E-state index contributed by atoms with van der Waals surface area (Å²) >= 11 is 0. The van der Waals surface area contributed by atoms with Gasteiger partial charge < -0.3 is 4.42 Å². The molecule has 2 nitrogen and oxygen atoms in total. The van der Waals surface area contributed by atoms with Gasteiger partial charge in [0.25, 0.3) is 0 Å². The van der Waals surface area contributed by atoms with Crippen molar-refractivity contribution in [3.8, 4) is 22.5 Å². The molecule has 1 heterocycles. The van der Waals surface area contributed by atoms with Gasteiger partial charge >= 0.3 is 0 Å². The zero-order valence-corrected chi connectivity index (χ0v) is 12.7. The highest BCUT2D eigenvalue weighted by Gasteiger charge is 2.29. The molecule has 2 aliphatic rings. The van der Waals surface area contributed by atoms with E-state index in [9.17, 15) is 26.7 Å². The van der Waals surface area contributed by atoms with Crippen LogP contribution in [0.4, 0.5) is 22.0 Å². The van der Waals surface area contributed by atoms with Gasteiger partial charge in [-0.3, -0.25) is 4.79 Å². The molecule has 0 aromatic heterocycles. The van der Waals surface area contributed by atoms with Crippen molar-refractivity contribution in [2.24, 2.45) is 0 Å². The first-order valence-electron chi connectivity index (χ1n) is 7.37. The second-order valence-corrected chi connectivity index (χ2v) is 5.61. The minimum Gasteiger partial charge on any atom is -0.456 e. The number of para-hydroxylation sites is 1. The summed E-state index contributed by atoms with van der Waals surface area (Å²) in [6.07, 6.45) is 0. The van der Waals surface area contributed by atoms with Crippen LogP contribution >= 0.6 is 0 Å². The van der Waals surface area contributed by atoms with Crippen molar-refractivity contribution in [1.82, 2.24) is 0 Å². The lowest BCUT2D eigenvalue weighted by Gasteiger charge is -2.14. The molecule has 0 saturated carbocycles. The topological polar surface area (TPSA) is 30.2 Å². The highest BCUT2D eigenvalue weighted by molar-refractivity contribution is 5.90. The predicted molar refractivity (Wildman–Crippen MR) is 84.3 cm³/mol. The van der Waals surface area contributed by atoms with Gasteiger partial charge in [-0.15, -0.1) is 0 Å². The van der Waals surface area contributed by atoms with Gasteiger partial charge in [-0.25, -0.2) is 22.0 Å². The molecule has 4 rings (SSSR count). The molecule has 1 aliphatic heterocycles. The SMILES string of the molecule is O=c1cc2oc3ccccc3cc-2c(-c2c(F)c(F)c(F)c(F)c2F)c1. The fourth-order valence-electron chi connectivity index (χ4n) is 2.85. The molecule has 0 atom stereocenters. The first-order valence-corrected chi connectivity index (χ1v) is 7.37. The van der Waals surface area contributed by atoms with Crippen LogP contribution in [0, 0.1) is 29.1 Å². The Bertz CT molecular complexity index is 1180. The Hall–Kier alpha value is -3.22. The van der Waals surface area contributed by atoms with Crippen LogP contribution in [0.25, 0.3) is 33.4 Å². The first-order chi connectivity index (χ1) is 12.4. The summed E-state index contributed by atoms with van der Waals surface area (Å²) < 4.78 is 74.4. The average Bonchev–Trinajstić information content (AvgIpc) is 2.63. The van der Waals surface area contributed by atoms with Gasteiger partial charge in [0.1, 0.15) is 11.3 Å². The standard InChI is InChI=1S/C19H7F5O2/c20-15-14(16(21)18(23)19(24)17(15)22)11-6-9(25)7-13-10(11)5-8-3-1-2-4-12(8)26-13/h1-7H. The number of hydrogen-bond acceptors (Lipinski definition) is 2. The molecule has 0 fully saturated rings. The van der Waals surface area contributed by atoms with E-state index in [1.54, 1.807) is 24.3 Å². The van der Waals surface area contributed by atoms with Crippen LogP contribution in [-0.2, 0) is 0 Å². The van der Waals surface area contributed by atoms with Crippen molar-refractivity contribution in [3.05, 3.63) is 81.8 Å². The van der Waals surface area contributed by atoms with Crippen LogP contribution in [0.1, 0.15) is 0 Å². The van der Waals surface area contributed by atoms with Gasteiger partial charge in [0.15, 0.2) is 28.7 Å². The zero-order chi connectivity index (χ0) is 18.6. The predicted octanol–water partition coefficient (Wildman–Crippen LogP) is 5.26. The van der Waals surface area contributed by atoms with E-state index >= 15 is 0 Å². The molecule has 7 heteroatoms. The smallest absolute Gasteiger partial charge is 0.200 e. The molecular formula is C19H7F5O2. The lowest BCUT2D eigenvalue weighted by Crippen LogP contribution is -2.08. The summed E-state index contributed by atoms with van der Waals surface area (Å²) in [7, 11) is 0. The minimum absolute atomic E-state index is 0.0323.